The van der Waals surface area contributed by atoms with Crippen molar-refractivity contribution < 1.29 is 4.79 Å². The van der Waals surface area contributed by atoms with E-state index >= 15 is 0 Å². The third-order valence-corrected chi connectivity index (χ3v) is 7.10. The summed E-state index contributed by atoms with van der Waals surface area (Å²) in [7, 11) is 1.61. The molecule has 0 saturated carbocycles. The maximum Gasteiger partial charge on any atom is 0.269 e. The summed E-state index contributed by atoms with van der Waals surface area (Å²) in [5, 5.41) is 3.26. The van der Waals surface area contributed by atoms with Crippen LogP contribution in [-0.2, 0) is 0 Å². The molecular weight excluding hydrogens is 416 g/mol. The first-order valence-corrected chi connectivity index (χ1v) is 11.8. The van der Waals surface area contributed by atoms with E-state index in [1.165, 1.54) is 0 Å². The molecule has 2 fully saturated rings. The molecule has 2 aliphatic heterocycles. The quantitative estimate of drug-likeness (QED) is 0.640. The van der Waals surface area contributed by atoms with Crippen molar-refractivity contribution in [2.75, 3.05) is 38.1 Å². The molecule has 3 aromatic rings. The highest BCUT2D eigenvalue weighted by atomic mass is 16.1. The van der Waals surface area contributed by atoms with Crippen LogP contribution in [0.15, 0.2) is 47.4 Å². The number of benzene rings is 1. The van der Waals surface area contributed by atoms with Crippen LogP contribution in [0, 0.1) is 0 Å². The number of rotatable bonds is 4. The fourth-order valence-corrected chi connectivity index (χ4v) is 5.16. The molecule has 0 radical (unpaired) electrons. The Balaban J connectivity index is 1.16. The van der Waals surface area contributed by atoms with E-state index in [1.54, 1.807) is 19.3 Å². The van der Waals surface area contributed by atoms with E-state index in [0.717, 1.165) is 68.9 Å². The molecule has 33 heavy (non-hydrogen) atoms. The highest BCUT2D eigenvalue weighted by Crippen LogP contribution is 2.30. The molecule has 2 aliphatic rings. The molecule has 172 valence electrons. The topological polar surface area (TPSA) is 94.2 Å². The van der Waals surface area contributed by atoms with Gasteiger partial charge in [0.05, 0.1) is 22.8 Å². The number of carbonyl (C=O) groups excluding carboxylic acids is 1. The first-order chi connectivity index (χ1) is 16.1. The molecule has 0 bridgehead atoms. The summed E-state index contributed by atoms with van der Waals surface area (Å²) in [5.41, 5.74) is 2.26. The normalized spacial score (nSPS) is 18.5. The van der Waals surface area contributed by atoms with Gasteiger partial charge in [0.1, 0.15) is 11.5 Å². The lowest BCUT2D eigenvalue weighted by Gasteiger charge is -2.42. The molecule has 1 aromatic carbocycles. The number of amides is 1. The molecule has 0 unspecified atom stereocenters. The highest BCUT2D eigenvalue weighted by molar-refractivity contribution is 5.92. The van der Waals surface area contributed by atoms with Gasteiger partial charge in [-0.25, -0.2) is 9.97 Å². The second-order valence-electron chi connectivity index (χ2n) is 8.98. The number of likely N-dealkylation sites (tertiary alicyclic amines) is 1. The van der Waals surface area contributed by atoms with Crippen molar-refractivity contribution in [3.63, 3.8) is 0 Å². The summed E-state index contributed by atoms with van der Waals surface area (Å²) in [6.07, 6.45) is 6.08. The van der Waals surface area contributed by atoms with Crippen LogP contribution in [-0.4, -0.2) is 65.0 Å². The van der Waals surface area contributed by atoms with E-state index in [4.69, 9.17) is 4.98 Å². The molecule has 8 heteroatoms. The summed E-state index contributed by atoms with van der Waals surface area (Å²) in [4.78, 5) is 41.2. The third-order valence-electron chi connectivity index (χ3n) is 7.10. The van der Waals surface area contributed by atoms with Gasteiger partial charge in [0.25, 0.3) is 11.5 Å². The molecule has 0 aliphatic carbocycles. The van der Waals surface area contributed by atoms with Crippen LogP contribution >= 0.6 is 0 Å². The van der Waals surface area contributed by atoms with Crippen LogP contribution in [0.25, 0.3) is 10.9 Å². The minimum Gasteiger partial charge on any atom is -0.370 e. The van der Waals surface area contributed by atoms with E-state index in [2.05, 4.69) is 25.1 Å². The maximum atomic E-state index is 12.4. The number of pyridine rings is 1. The van der Waals surface area contributed by atoms with E-state index in [1.807, 2.05) is 30.3 Å². The second kappa shape index (κ2) is 9.31. The maximum absolute atomic E-state index is 12.4. The number of fused-ring (bicyclic) bond motifs is 1. The molecule has 5 rings (SSSR count). The smallest absolute Gasteiger partial charge is 0.269 e. The average Bonchev–Trinajstić information content (AvgIpc) is 2.88. The Bertz CT molecular complexity index is 1180. The Kier molecular flexibility index (Phi) is 6.09. The number of para-hydroxylation sites is 1. The zero-order chi connectivity index (χ0) is 22.8. The Morgan fingerprint density at radius 2 is 1.79 bits per heavy atom. The lowest BCUT2D eigenvalue weighted by atomic mass is 9.92. The lowest BCUT2D eigenvalue weighted by Crippen LogP contribution is -2.47. The number of piperidine rings is 2. The van der Waals surface area contributed by atoms with Gasteiger partial charge in [0, 0.05) is 32.1 Å². The summed E-state index contributed by atoms with van der Waals surface area (Å²) in [6, 6.07) is 11.9. The predicted octanol–water partition coefficient (Wildman–Crippen LogP) is 2.53. The van der Waals surface area contributed by atoms with Gasteiger partial charge in [0.15, 0.2) is 0 Å². The largest absolute Gasteiger partial charge is 0.370 e. The van der Waals surface area contributed by atoms with Gasteiger partial charge in [-0.05, 0) is 63.0 Å². The van der Waals surface area contributed by atoms with Crippen molar-refractivity contribution in [2.45, 2.75) is 37.6 Å². The van der Waals surface area contributed by atoms with Crippen LogP contribution in [0.4, 0.5) is 5.69 Å². The molecule has 0 spiro atoms. The number of H-pyrrole nitrogens is 1. The molecule has 8 nitrogen and oxygen atoms in total. The molecule has 2 N–H and O–H groups in total. The molecule has 1 amide bonds. The zero-order valence-electron chi connectivity index (χ0n) is 19.0. The lowest BCUT2D eigenvalue weighted by molar-refractivity contribution is 0.0958. The molecule has 4 heterocycles. The minimum atomic E-state index is -0.161. The standard InChI is InChI=1S/C25H30N6O2/c1-26-25(33)22-7-6-19(16-27-22)31-14-10-18(11-15-31)30-12-8-17(9-13-30)23-28-21-5-3-2-4-20(21)24(32)29-23/h2-7,16-18H,8-15H2,1H3,(H,26,33)(H,28,29,32). The summed E-state index contributed by atoms with van der Waals surface area (Å²) in [6.45, 7) is 4.05. The number of aromatic nitrogens is 3. The Hall–Kier alpha value is -3.26. The number of aromatic amines is 1. The number of anilines is 1. The molecular formula is C25H30N6O2. The molecule has 2 saturated heterocycles. The first-order valence-electron chi connectivity index (χ1n) is 11.8. The van der Waals surface area contributed by atoms with E-state index in [0.29, 0.717) is 23.0 Å². The van der Waals surface area contributed by atoms with Gasteiger partial charge in [-0.1, -0.05) is 12.1 Å². The average molecular weight is 447 g/mol. The highest BCUT2D eigenvalue weighted by Gasteiger charge is 2.30. The summed E-state index contributed by atoms with van der Waals surface area (Å²) >= 11 is 0. The SMILES string of the molecule is CNC(=O)c1ccc(N2CCC(N3CCC(c4nc5ccccc5c(=O)[nH]4)CC3)CC2)cn1. The number of hydrogen-bond donors (Lipinski definition) is 2. The molecule has 0 atom stereocenters. The Morgan fingerprint density at radius 1 is 1.03 bits per heavy atom. The van der Waals surface area contributed by atoms with Crippen molar-refractivity contribution in [1.82, 2.24) is 25.2 Å². The van der Waals surface area contributed by atoms with Crippen molar-refractivity contribution in [1.29, 1.82) is 0 Å². The van der Waals surface area contributed by atoms with Crippen LogP contribution in [0.1, 0.15) is 47.9 Å². The van der Waals surface area contributed by atoms with Crippen LogP contribution in [0.2, 0.25) is 0 Å². The number of nitrogens with zero attached hydrogens (tertiary/aromatic N) is 4. The van der Waals surface area contributed by atoms with Gasteiger partial charge in [-0.3, -0.25) is 9.59 Å². The van der Waals surface area contributed by atoms with Crippen LogP contribution in [0.5, 0.6) is 0 Å². The van der Waals surface area contributed by atoms with E-state index < -0.39 is 0 Å². The number of carbonyl (C=O) groups is 1. The van der Waals surface area contributed by atoms with Gasteiger partial charge in [-0.15, -0.1) is 0 Å². The first kappa shape index (κ1) is 21.6. The Morgan fingerprint density at radius 3 is 2.48 bits per heavy atom. The van der Waals surface area contributed by atoms with Crippen LogP contribution < -0.4 is 15.8 Å². The van der Waals surface area contributed by atoms with Crippen molar-refractivity contribution >= 4 is 22.5 Å². The fraction of sp³-hybridized carbons (Fsp3) is 0.440. The van der Waals surface area contributed by atoms with Crippen molar-refractivity contribution in [2.24, 2.45) is 0 Å². The Labute approximate surface area is 193 Å². The van der Waals surface area contributed by atoms with Gasteiger partial charge >= 0.3 is 0 Å². The van der Waals surface area contributed by atoms with Crippen LogP contribution in [0.3, 0.4) is 0 Å². The second-order valence-corrected chi connectivity index (χ2v) is 8.98. The monoisotopic (exact) mass is 446 g/mol. The summed E-state index contributed by atoms with van der Waals surface area (Å²) in [5.74, 6) is 0.982. The van der Waals surface area contributed by atoms with E-state index in [-0.39, 0.29) is 11.5 Å². The molecule has 2 aromatic heterocycles. The van der Waals surface area contributed by atoms with Crippen molar-refractivity contribution in [3.8, 4) is 0 Å². The third kappa shape index (κ3) is 4.48. The number of hydrogen-bond acceptors (Lipinski definition) is 6. The number of nitrogens with one attached hydrogen (secondary N) is 2. The summed E-state index contributed by atoms with van der Waals surface area (Å²) < 4.78 is 0. The minimum absolute atomic E-state index is 0.0387. The van der Waals surface area contributed by atoms with E-state index in [9.17, 15) is 9.59 Å². The predicted molar refractivity (Wildman–Crippen MR) is 129 cm³/mol. The van der Waals surface area contributed by atoms with Gasteiger partial charge in [0.2, 0.25) is 0 Å². The van der Waals surface area contributed by atoms with Gasteiger partial charge in [-0.2, -0.15) is 0 Å². The fourth-order valence-electron chi connectivity index (χ4n) is 5.16. The zero-order valence-corrected chi connectivity index (χ0v) is 19.0. The van der Waals surface area contributed by atoms with Crippen molar-refractivity contribution in [3.05, 3.63) is 64.5 Å². The van der Waals surface area contributed by atoms with Gasteiger partial charge < -0.3 is 20.1 Å².